The average molecular weight is 522 g/mol. The van der Waals surface area contributed by atoms with Crippen molar-refractivity contribution >= 4 is 17.6 Å². The van der Waals surface area contributed by atoms with Crippen molar-refractivity contribution < 1.29 is 19.1 Å². The van der Waals surface area contributed by atoms with Crippen LogP contribution in [0.15, 0.2) is 18.2 Å². The highest BCUT2D eigenvalue weighted by molar-refractivity contribution is 5.99. The van der Waals surface area contributed by atoms with Crippen LogP contribution in [0, 0.1) is 19.3 Å². The van der Waals surface area contributed by atoms with Crippen LogP contribution in [0.2, 0.25) is 0 Å². The number of aromatic nitrogens is 1. The number of fused-ring (bicyclic) bond motifs is 1. The molecule has 1 fully saturated rings. The monoisotopic (exact) mass is 521 g/mol. The number of rotatable bonds is 6. The number of aryl methyl sites for hydroxylation is 2. The number of benzene rings is 1. The Kier molecular flexibility index (Phi) is 7.63. The van der Waals surface area contributed by atoms with Crippen LogP contribution < -0.4 is 10.2 Å². The molecule has 1 aromatic carbocycles. The van der Waals surface area contributed by atoms with Crippen LogP contribution in [0.1, 0.15) is 100 Å². The van der Waals surface area contributed by atoms with E-state index in [1.165, 1.54) is 0 Å². The molecule has 3 heterocycles. The lowest BCUT2D eigenvalue weighted by atomic mass is 9.81. The third-order valence-electron chi connectivity index (χ3n) is 7.39. The fraction of sp³-hybridized carbons (Fsp3) is 0.581. The van der Waals surface area contributed by atoms with Crippen LogP contribution in [-0.2, 0) is 20.8 Å². The zero-order valence-electron chi connectivity index (χ0n) is 24.4. The number of carbonyl (C=O) groups is 2. The minimum Gasteiger partial charge on any atom is -0.461 e. The number of amides is 1. The van der Waals surface area contributed by atoms with Gasteiger partial charge in [-0.1, -0.05) is 19.9 Å². The highest BCUT2D eigenvalue weighted by atomic mass is 16.6. The fourth-order valence-electron chi connectivity index (χ4n) is 5.43. The maximum atomic E-state index is 13.6. The smallest absolute Gasteiger partial charge is 0.340 e. The SMILES string of the molecule is Cc1nc(C)c(C(OC(C)(C)C)C(=O)OC(C)C)c(N2CCC(C)(C)CC2)c1-c1ccc2c(c1)CNC2=O. The Labute approximate surface area is 227 Å². The molecule has 0 saturated carbocycles. The van der Waals surface area contributed by atoms with Gasteiger partial charge in [0, 0.05) is 47.7 Å². The second-order valence-electron chi connectivity index (χ2n) is 12.7. The number of ether oxygens (including phenoxy) is 2. The molecule has 7 nitrogen and oxygen atoms in total. The van der Waals surface area contributed by atoms with E-state index in [2.05, 4.69) is 30.1 Å². The molecule has 7 heteroatoms. The summed E-state index contributed by atoms with van der Waals surface area (Å²) in [5.74, 6) is -0.448. The third kappa shape index (κ3) is 5.88. The minimum atomic E-state index is -0.924. The molecule has 1 unspecified atom stereocenters. The highest BCUT2D eigenvalue weighted by Gasteiger charge is 2.38. The van der Waals surface area contributed by atoms with Crippen molar-refractivity contribution in [3.63, 3.8) is 0 Å². The molecule has 206 valence electrons. The van der Waals surface area contributed by atoms with E-state index < -0.39 is 17.7 Å². The van der Waals surface area contributed by atoms with Gasteiger partial charge >= 0.3 is 5.97 Å². The number of nitrogens with zero attached hydrogens (tertiary/aromatic N) is 2. The Morgan fingerprint density at radius 2 is 1.76 bits per heavy atom. The molecule has 1 saturated heterocycles. The second kappa shape index (κ2) is 10.3. The maximum Gasteiger partial charge on any atom is 0.340 e. The molecule has 2 aliphatic heterocycles. The van der Waals surface area contributed by atoms with Gasteiger partial charge in [-0.05, 0) is 90.0 Å². The van der Waals surface area contributed by atoms with Crippen LogP contribution in [0.5, 0.6) is 0 Å². The van der Waals surface area contributed by atoms with E-state index in [4.69, 9.17) is 14.5 Å². The number of anilines is 1. The lowest BCUT2D eigenvalue weighted by Gasteiger charge is -2.41. The Balaban J connectivity index is 1.97. The van der Waals surface area contributed by atoms with Crippen molar-refractivity contribution in [1.29, 1.82) is 0 Å². The van der Waals surface area contributed by atoms with Crippen molar-refractivity contribution in [2.75, 3.05) is 18.0 Å². The van der Waals surface area contributed by atoms with Crippen molar-refractivity contribution in [1.82, 2.24) is 10.3 Å². The zero-order chi connectivity index (χ0) is 28.0. The Bertz CT molecular complexity index is 1230. The van der Waals surface area contributed by atoms with Crippen LogP contribution in [0.3, 0.4) is 0 Å². The first-order valence-corrected chi connectivity index (χ1v) is 13.7. The summed E-state index contributed by atoms with van der Waals surface area (Å²) in [4.78, 5) is 33.2. The van der Waals surface area contributed by atoms with Gasteiger partial charge in [0.05, 0.1) is 17.4 Å². The van der Waals surface area contributed by atoms with E-state index in [0.29, 0.717) is 12.1 Å². The van der Waals surface area contributed by atoms with E-state index in [-0.39, 0.29) is 17.4 Å². The van der Waals surface area contributed by atoms with Crippen molar-refractivity contribution in [3.8, 4) is 11.1 Å². The molecule has 1 amide bonds. The normalized spacial score (nSPS) is 17.8. The van der Waals surface area contributed by atoms with E-state index in [1.807, 2.05) is 60.6 Å². The van der Waals surface area contributed by atoms with Crippen molar-refractivity contribution in [2.45, 2.75) is 99.5 Å². The zero-order valence-corrected chi connectivity index (χ0v) is 24.4. The first-order chi connectivity index (χ1) is 17.7. The molecule has 0 spiro atoms. The summed E-state index contributed by atoms with van der Waals surface area (Å²) in [6, 6.07) is 5.97. The lowest BCUT2D eigenvalue weighted by Crippen LogP contribution is -2.39. The highest BCUT2D eigenvalue weighted by Crippen LogP contribution is 2.45. The standard InChI is InChI=1S/C31H43N3O4/c1-18(2)37-29(36)27(38-30(5,6)7)25-20(4)33-19(3)24(26(25)34-14-12-31(8,9)13-15-34)21-10-11-23-22(16-21)17-32-28(23)35/h10-11,16,18,27H,12-15,17H2,1-9H3,(H,32,35). The molecule has 2 aliphatic rings. The Morgan fingerprint density at radius 1 is 1.11 bits per heavy atom. The molecular formula is C31H43N3O4. The summed E-state index contributed by atoms with van der Waals surface area (Å²) < 4.78 is 12.2. The first-order valence-electron chi connectivity index (χ1n) is 13.7. The predicted molar refractivity (Wildman–Crippen MR) is 150 cm³/mol. The number of carbonyl (C=O) groups excluding carboxylic acids is 2. The van der Waals surface area contributed by atoms with Gasteiger partial charge in [0.2, 0.25) is 0 Å². The molecule has 1 N–H and O–H groups in total. The van der Waals surface area contributed by atoms with Crippen LogP contribution >= 0.6 is 0 Å². The van der Waals surface area contributed by atoms with Gasteiger partial charge in [-0.15, -0.1) is 0 Å². The quantitative estimate of drug-likeness (QED) is 0.467. The lowest BCUT2D eigenvalue weighted by molar-refractivity contribution is -0.171. The maximum absolute atomic E-state index is 13.6. The van der Waals surface area contributed by atoms with Gasteiger partial charge in [0.15, 0.2) is 6.10 Å². The number of nitrogens with one attached hydrogen (secondary N) is 1. The number of hydrogen-bond donors (Lipinski definition) is 1. The molecule has 0 radical (unpaired) electrons. The Hall–Kier alpha value is -2.93. The largest absolute Gasteiger partial charge is 0.461 e. The second-order valence-corrected chi connectivity index (χ2v) is 12.7. The van der Waals surface area contributed by atoms with E-state index in [1.54, 1.807) is 0 Å². The topological polar surface area (TPSA) is 80.8 Å². The molecule has 2 aromatic rings. The van der Waals surface area contributed by atoms with Crippen LogP contribution in [-0.4, -0.2) is 41.7 Å². The van der Waals surface area contributed by atoms with E-state index in [9.17, 15) is 9.59 Å². The van der Waals surface area contributed by atoms with Crippen molar-refractivity contribution in [3.05, 3.63) is 46.3 Å². The number of hydrogen-bond acceptors (Lipinski definition) is 6. The third-order valence-corrected chi connectivity index (χ3v) is 7.39. The van der Waals surface area contributed by atoms with Gasteiger partial charge in [0.25, 0.3) is 5.91 Å². The number of esters is 1. The molecular weight excluding hydrogens is 478 g/mol. The van der Waals surface area contributed by atoms with Crippen molar-refractivity contribution in [2.24, 2.45) is 5.41 Å². The predicted octanol–water partition coefficient (Wildman–Crippen LogP) is 6.04. The minimum absolute atomic E-state index is 0.0421. The van der Waals surface area contributed by atoms with Gasteiger partial charge in [0.1, 0.15) is 0 Å². The molecule has 0 bridgehead atoms. The average Bonchev–Trinajstić information content (AvgIpc) is 3.16. The van der Waals surface area contributed by atoms with Crippen LogP contribution in [0.4, 0.5) is 5.69 Å². The molecule has 1 atom stereocenters. The first kappa shape index (κ1) is 28.1. The summed E-state index contributed by atoms with van der Waals surface area (Å²) in [5.41, 5.74) is 6.71. The summed E-state index contributed by atoms with van der Waals surface area (Å²) in [6.07, 6.45) is 0.881. The van der Waals surface area contributed by atoms with Gasteiger partial charge in [-0.25, -0.2) is 4.79 Å². The summed E-state index contributed by atoms with van der Waals surface area (Å²) in [5, 5.41) is 2.92. The Morgan fingerprint density at radius 3 is 2.37 bits per heavy atom. The van der Waals surface area contributed by atoms with Crippen LogP contribution in [0.25, 0.3) is 11.1 Å². The summed E-state index contributed by atoms with van der Waals surface area (Å²) in [6.45, 7) is 20.4. The molecule has 1 aromatic heterocycles. The summed E-state index contributed by atoms with van der Waals surface area (Å²) in [7, 11) is 0. The fourth-order valence-corrected chi connectivity index (χ4v) is 5.43. The van der Waals surface area contributed by atoms with E-state index >= 15 is 0 Å². The van der Waals surface area contributed by atoms with Gasteiger partial charge < -0.3 is 19.7 Å². The van der Waals surface area contributed by atoms with Gasteiger partial charge in [-0.2, -0.15) is 0 Å². The number of piperidine rings is 1. The summed E-state index contributed by atoms with van der Waals surface area (Å²) >= 11 is 0. The van der Waals surface area contributed by atoms with E-state index in [0.717, 1.165) is 65.3 Å². The molecule has 0 aliphatic carbocycles. The molecule has 38 heavy (non-hydrogen) atoms. The van der Waals surface area contributed by atoms with Gasteiger partial charge in [-0.3, -0.25) is 9.78 Å². The number of pyridine rings is 1. The molecule has 4 rings (SSSR count).